The Hall–Kier alpha value is -0.0800. The van der Waals surface area contributed by atoms with Gasteiger partial charge in [-0.3, -0.25) is 0 Å². The zero-order chi connectivity index (χ0) is 10.5. The lowest BCUT2D eigenvalue weighted by molar-refractivity contribution is 0.205. The van der Waals surface area contributed by atoms with Crippen LogP contribution in [0.1, 0.15) is 41.0 Å². The van der Waals surface area contributed by atoms with Gasteiger partial charge in [0.2, 0.25) is 0 Å². The maximum atomic E-state index is 9.06. The lowest BCUT2D eigenvalue weighted by Crippen LogP contribution is -2.38. The van der Waals surface area contributed by atoms with E-state index in [1.165, 1.54) is 0 Å². The van der Waals surface area contributed by atoms with Crippen LogP contribution in [0.4, 0.5) is 0 Å². The molecule has 0 saturated heterocycles. The van der Waals surface area contributed by atoms with Crippen LogP contribution in [0.25, 0.3) is 0 Å². The molecule has 0 aromatic rings. The first-order valence-corrected chi connectivity index (χ1v) is 5.21. The van der Waals surface area contributed by atoms with Crippen LogP contribution < -0.4 is 5.32 Å². The summed E-state index contributed by atoms with van der Waals surface area (Å²) >= 11 is 0. The first-order chi connectivity index (χ1) is 5.87. The molecule has 0 bridgehead atoms. The van der Waals surface area contributed by atoms with Crippen LogP contribution in [-0.2, 0) is 0 Å². The average molecular weight is 187 g/mol. The van der Waals surface area contributed by atoms with Crippen LogP contribution in [0.3, 0.4) is 0 Å². The highest BCUT2D eigenvalue weighted by atomic mass is 16.3. The molecular formula is C11H25NO. The average Bonchev–Trinajstić information content (AvgIpc) is 1.95. The number of nitrogens with one attached hydrogen (secondary N) is 1. The topological polar surface area (TPSA) is 32.3 Å². The summed E-state index contributed by atoms with van der Waals surface area (Å²) in [6.07, 6.45) is 1.15. The van der Waals surface area contributed by atoms with Gasteiger partial charge in [0.05, 0.1) is 6.61 Å². The molecule has 0 saturated carbocycles. The molecule has 13 heavy (non-hydrogen) atoms. The quantitative estimate of drug-likeness (QED) is 0.690. The monoisotopic (exact) mass is 187 g/mol. The van der Waals surface area contributed by atoms with Gasteiger partial charge in [0.1, 0.15) is 0 Å². The minimum atomic E-state index is 0.238. The highest BCUT2D eigenvalue weighted by Crippen LogP contribution is 2.17. The summed E-state index contributed by atoms with van der Waals surface area (Å²) < 4.78 is 0. The van der Waals surface area contributed by atoms with Crippen LogP contribution in [0.15, 0.2) is 0 Å². The smallest absolute Gasteiger partial charge is 0.0587 e. The summed E-state index contributed by atoms with van der Waals surface area (Å²) in [7, 11) is 0. The summed E-state index contributed by atoms with van der Waals surface area (Å²) in [5.74, 6) is 0.505. The van der Waals surface area contributed by atoms with Crippen molar-refractivity contribution in [3.63, 3.8) is 0 Å². The fourth-order valence-electron chi connectivity index (χ4n) is 1.14. The van der Waals surface area contributed by atoms with Gasteiger partial charge in [-0.15, -0.1) is 0 Å². The maximum Gasteiger partial charge on any atom is 0.0587 e. The van der Waals surface area contributed by atoms with Crippen molar-refractivity contribution in [2.24, 2.45) is 11.3 Å². The standard InChI is InChI=1S/C11H25NO/c1-9(2)10(8-13)12-7-6-11(3,4)5/h9-10,12-13H,6-8H2,1-5H3/t10-/m0/s1. The van der Waals surface area contributed by atoms with Crippen molar-refractivity contribution < 1.29 is 5.11 Å². The Morgan fingerprint density at radius 1 is 1.23 bits per heavy atom. The molecule has 0 aliphatic heterocycles. The molecular weight excluding hydrogens is 162 g/mol. The van der Waals surface area contributed by atoms with E-state index >= 15 is 0 Å². The zero-order valence-electron chi connectivity index (χ0n) is 9.72. The molecule has 2 N–H and O–H groups in total. The molecule has 0 aliphatic rings. The number of hydrogen-bond donors (Lipinski definition) is 2. The van der Waals surface area contributed by atoms with E-state index < -0.39 is 0 Å². The molecule has 80 valence electrons. The molecule has 0 spiro atoms. The molecule has 0 unspecified atom stereocenters. The van der Waals surface area contributed by atoms with Crippen molar-refractivity contribution in [1.29, 1.82) is 0 Å². The highest BCUT2D eigenvalue weighted by molar-refractivity contribution is 4.71. The number of hydrogen-bond acceptors (Lipinski definition) is 2. The minimum absolute atomic E-state index is 0.238. The van der Waals surface area contributed by atoms with Crippen LogP contribution >= 0.6 is 0 Å². The van der Waals surface area contributed by atoms with Crippen molar-refractivity contribution in [1.82, 2.24) is 5.32 Å². The van der Waals surface area contributed by atoms with E-state index in [1.54, 1.807) is 0 Å². The van der Waals surface area contributed by atoms with Crippen LogP contribution in [-0.4, -0.2) is 24.3 Å². The molecule has 0 aromatic carbocycles. The van der Waals surface area contributed by atoms with E-state index in [2.05, 4.69) is 39.9 Å². The molecule has 0 amide bonds. The first kappa shape index (κ1) is 12.9. The molecule has 1 atom stereocenters. The summed E-state index contributed by atoms with van der Waals surface area (Å²) in [5.41, 5.74) is 0.379. The van der Waals surface area contributed by atoms with Gasteiger partial charge in [-0.25, -0.2) is 0 Å². The molecule has 0 aromatic heterocycles. The van der Waals surface area contributed by atoms with Gasteiger partial charge in [-0.05, 0) is 24.3 Å². The van der Waals surface area contributed by atoms with Crippen molar-refractivity contribution in [3.05, 3.63) is 0 Å². The Morgan fingerprint density at radius 3 is 2.08 bits per heavy atom. The highest BCUT2D eigenvalue weighted by Gasteiger charge is 2.13. The number of rotatable bonds is 5. The van der Waals surface area contributed by atoms with E-state index in [0.717, 1.165) is 13.0 Å². The van der Waals surface area contributed by atoms with E-state index in [4.69, 9.17) is 5.11 Å². The Kier molecular flexibility index (Phi) is 5.57. The Labute approximate surface area is 82.7 Å². The normalized spacial score (nSPS) is 15.0. The third-order valence-electron chi connectivity index (χ3n) is 2.28. The fourth-order valence-corrected chi connectivity index (χ4v) is 1.14. The predicted molar refractivity (Wildman–Crippen MR) is 57.8 cm³/mol. The van der Waals surface area contributed by atoms with Gasteiger partial charge in [0.15, 0.2) is 0 Å². The molecule has 0 rings (SSSR count). The molecule has 2 nitrogen and oxygen atoms in total. The summed E-state index contributed by atoms with van der Waals surface area (Å²) in [5, 5.41) is 12.4. The van der Waals surface area contributed by atoms with E-state index in [-0.39, 0.29) is 12.6 Å². The third kappa shape index (κ3) is 7.03. The fraction of sp³-hybridized carbons (Fsp3) is 1.00. The van der Waals surface area contributed by atoms with Gasteiger partial charge in [-0.1, -0.05) is 34.6 Å². The summed E-state index contributed by atoms with van der Waals surface area (Å²) in [6, 6.07) is 0.252. The molecule has 0 radical (unpaired) electrons. The van der Waals surface area contributed by atoms with Crippen molar-refractivity contribution in [2.75, 3.05) is 13.2 Å². The second-order valence-electron chi connectivity index (χ2n) is 5.30. The molecule has 0 aliphatic carbocycles. The second-order valence-corrected chi connectivity index (χ2v) is 5.30. The second kappa shape index (κ2) is 5.61. The SMILES string of the molecule is CC(C)[C@H](CO)NCCC(C)(C)C. The molecule has 0 fully saturated rings. The Balaban J connectivity index is 3.62. The van der Waals surface area contributed by atoms with Crippen molar-refractivity contribution >= 4 is 0 Å². The minimum Gasteiger partial charge on any atom is -0.395 e. The first-order valence-electron chi connectivity index (χ1n) is 5.21. The van der Waals surface area contributed by atoms with Crippen molar-refractivity contribution in [3.8, 4) is 0 Å². The summed E-state index contributed by atoms with van der Waals surface area (Å²) in [4.78, 5) is 0. The predicted octanol–water partition coefficient (Wildman–Crippen LogP) is 2.03. The van der Waals surface area contributed by atoms with Gasteiger partial charge >= 0.3 is 0 Å². The van der Waals surface area contributed by atoms with Crippen LogP contribution in [0, 0.1) is 11.3 Å². The zero-order valence-corrected chi connectivity index (χ0v) is 9.72. The molecule has 0 heterocycles. The summed E-state index contributed by atoms with van der Waals surface area (Å²) in [6.45, 7) is 12.2. The van der Waals surface area contributed by atoms with Crippen LogP contribution in [0.5, 0.6) is 0 Å². The Morgan fingerprint density at radius 2 is 1.77 bits per heavy atom. The number of aliphatic hydroxyl groups excluding tert-OH is 1. The van der Waals surface area contributed by atoms with E-state index in [9.17, 15) is 0 Å². The van der Waals surface area contributed by atoms with Gasteiger partial charge in [0.25, 0.3) is 0 Å². The van der Waals surface area contributed by atoms with Gasteiger partial charge < -0.3 is 10.4 Å². The molecule has 2 heteroatoms. The van der Waals surface area contributed by atoms with Crippen molar-refractivity contribution in [2.45, 2.75) is 47.1 Å². The lowest BCUT2D eigenvalue weighted by atomic mass is 9.92. The van der Waals surface area contributed by atoms with Gasteiger partial charge in [0, 0.05) is 6.04 Å². The van der Waals surface area contributed by atoms with Crippen LogP contribution in [0.2, 0.25) is 0 Å². The van der Waals surface area contributed by atoms with Gasteiger partial charge in [-0.2, -0.15) is 0 Å². The third-order valence-corrected chi connectivity index (χ3v) is 2.28. The Bertz CT molecular complexity index is 127. The maximum absolute atomic E-state index is 9.06. The van der Waals surface area contributed by atoms with E-state index in [1.807, 2.05) is 0 Å². The van der Waals surface area contributed by atoms with E-state index in [0.29, 0.717) is 11.3 Å². The largest absolute Gasteiger partial charge is 0.395 e. The lowest BCUT2D eigenvalue weighted by Gasteiger charge is -2.23. The number of aliphatic hydroxyl groups is 1.